The van der Waals surface area contributed by atoms with Gasteiger partial charge in [-0.05, 0) is 43.7 Å². The van der Waals surface area contributed by atoms with E-state index in [1.54, 1.807) is 0 Å². The average Bonchev–Trinajstić information content (AvgIpc) is 2.34. The maximum atomic E-state index is 6.07. The van der Waals surface area contributed by atoms with Crippen molar-refractivity contribution in [2.45, 2.75) is 33.7 Å². The Morgan fingerprint density at radius 2 is 2.00 bits per heavy atom. The van der Waals surface area contributed by atoms with Gasteiger partial charge in [0.25, 0.3) is 0 Å². The van der Waals surface area contributed by atoms with Crippen molar-refractivity contribution >= 4 is 17.3 Å². The molecule has 0 saturated heterocycles. The zero-order chi connectivity index (χ0) is 12.7. The summed E-state index contributed by atoms with van der Waals surface area (Å²) in [5.41, 5.74) is 2.59. The highest BCUT2D eigenvalue weighted by Crippen LogP contribution is 2.24. The standard InChI is InChI=1S/C14H23ClN2/c1-4-9-17(6-3)14-8-7-13(15)10-12(14)11-16-5-2/h7-8,10,16H,4-6,9,11H2,1-3H3. The van der Waals surface area contributed by atoms with E-state index in [2.05, 4.69) is 43.1 Å². The third-order valence-electron chi connectivity index (χ3n) is 2.82. The third kappa shape index (κ3) is 4.21. The number of hydrogen-bond acceptors (Lipinski definition) is 2. The topological polar surface area (TPSA) is 15.3 Å². The van der Waals surface area contributed by atoms with Crippen LogP contribution in [0.2, 0.25) is 5.02 Å². The van der Waals surface area contributed by atoms with Crippen molar-refractivity contribution in [3.8, 4) is 0 Å². The first kappa shape index (κ1) is 14.3. The molecule has 0 bridgehead atoms. The molecule has 0 aliphatic heterocycles. The quantitative estimate of drug-likeness (QED) is 0.799. The van der Waals surface area contributed by atoms with Crippen molar-refractivity contribution in [3.05, 3.63) is 28.8 Å². The molecule has 2 nitrogen and oxygen atoms in total. The Labute approximate surface area is 110 Å². The monoisotopic (exact) mass is 254 g/mol. The van der Waals surface area contributed by atoms with E-state index in [4.69, 9.17) is 11.6 Å². The molecule has 1 rings (SSSR count). The Morgan fingerprint density at radius 3 is 2.59 bits per heavy atom. The molecule has 96 valence electrons. The lowest BCUT2D eigenvalue weighted by atomic mass is 10.1. The molecule has 0 aliphatic rings. The van der Waals surface area contributed by atoms with Gasteiger partial charge in [0.1, 0.15) is 0 Å². The molecule has 0 radical (unpaired) electrons. The van der Waals surface area contributed by atoms with Gasteiger partial charge in [0.15, 0.2) is 0 Å². The van der Waals surface area contributed by atoms with Gasteiger partial charge in [0.2, 0.25) is 0 Å². The zero-order valence-electron chi connectivity index (χ0n) is 11.1. The Bertz CT molecular complexity index is 339. The van der Waals surface area contributed by atoms with Crippen LogP contribution in [0.3, 0.4) is 0 Å². The van der Waals surface area contributed by atoms with Crippen LogP contribution in [0.5, 0.6) is 0 Å². The van der Waals surface area contributed by atoms with E-state index < -0.39 is 0 Å². The Kier molecular flexibility index (Phi) is 6.38. The molecule has 0 unspecified atom stereocenters. The molecule has 0 atom stereocenters. The van der Waals surface area contributed by atoms with Gasteiger partial charge in [0, 0.05) is 30.3 Å². The molecule has 0 fully saturated rings. The van der Waals surface area contributed by atoms with Gasteiger partial charge in [-0.3, -0.25) is 0 Å². The second-order valence-corrected chi connectivity index (χ2v) is 4.57. The average molecular weight is 255 g/mol. The predicted octanol–water partition coefficient (Wildman–Crippen LogP) is 3.69. The normalized spacial score (nSPS) is 10.6. The molecular formula is C14H23ClN2. The second kappa shape index (κ2) is 7.57. The summed E-state index contributed by atoms with van der Waals surface area (Å²) in [6.45, 7) is 10.5. The number of anilines is 1. The van der Waals surface area contributed by atoms with Gasteiger partial charge < -0.3 is 10.2 Å². The Morgan fingerprint density at radius 1 is 1.24 bits per heavy atom. The number of hydrogen-bond donors (Lipinski definition) is 1. The van der Waals surface area contributed by atoms with E-state index in [0.29, 0.717) is 0 Å². The van der Waals surface area contributed by atoms with Crippen LogP contribution in [-0.4, -0.2) is 19.6 Å². The van der Waals surface area contributed by atoms with Crippen LogP contribution in [0.25, 0.3) is 0 Å². The molecule has 0 spiro atoms. The maximum Gasteiger partial charge on any atom is 0.0412 e. The SMILES string of the molecule is CCCN(CC)c1ccc(Cl)cc1CNCC. The molecule has 1 N–H and O–H groups in total. The molecule has 0 saturated carbocycles. The minimum absolute atomic E-state index is 0.814. The lowest BCUT2D eigenvalue weighted by molar-refractivity contribution is 0.716. The number of halogens is 1. The summed E-state index contributed by atoms with van der Waals surface area (Å²) in [5.74, 6) is 0. The van der Waals surface area contributed by atoms with Gasteiger partial charge in [-0.1, -0.05) is 25.4 Å². The van der Waals surface area contributed by atoms with Crippen molar-refractivity contribution < 1.29 is 0 Å². The highest BCUT2D eigenvalue weighted by molar-refractivity contribution is 6.30. The van der Waals surface area contributed by atoms with Gasteiger partial charge in [-0.15, -0.1) is 0 Å². The third-order valence-corrected chi connectivity index (χ3v) is 3.06. The summed E-state index contributed by atoms with van der Waals surface area (Å²) >= 11 is 6.07. The fraction of sp³-hybridized carbons (Fsp3) is 0.571. The highest BCUT2D eigenvalue weighted by atomic mass is 35.5. The number of nitrogens with one attached hydrogen (secondary N) is 1. The summed E-state index contributed by atoms with van der Waals surface area (Å²) < 4.78 is 0. The lowest BCUT2D eigenvalue weighted by Crippen LogP contribution is -2.25. The van der Waals surface area contributed by atoms with Crippen LogP contribution >= 0.6 is 11.6 Å². The fourth-order valence-electron chi connectivity index (χ4n) is 1.98. The lowest BCUT2D eigenvalue weighted by Gasteiger charge is -2.25. The first-order chi connectivity index (χ1) is 8.22. The van der Waals surface area contributed by atoms with Crippen LogP contribution < -0.4 is 10.2 Å². The Hall–Kier alpha value is -0.730. The molecule has 1 aromatic carbocycles. The van der Waals surface area contributed by atoms with Crippen LogP contribution in [0.4, 0.5) is 5.69 Å². The molecule has 3 heteroatoms. The molecule has 0 heterocycles. The van der Waals surface area contributed by atoms with Gasteiger partial charge in [-0.2, -0.15) is 0 Å². The second-order valence-electron chi connectivity index (χ2n) is 4.13. The first-order valence-corrected chi connectivity index (χ1v) is 6.84. The molecule has 0 aliphatic carbocycles. The zero-order valence-corrected chi connectivity index (χ0v) is 11.8. The van der Waals surface area contributed by atoms with Crippen molar-refractivity contribution in [1.29, 1.82) is 0 Å². The molecular weight excluding hydrogens is 232 g/mol. The smallest absolute Gasteiger partial charge is 0.0412 e. The minimum Gasteiger partial charge on any atom is -0.372 e. The minimum atomic E-state index is 0.814. The largest absolute Gasteiger partial charge is 0.372 e. The number of nitrogens with zero attached hydrogens (tertiary/aromatic N) is 1. The van der Waals surface area contributed by atoms with Crippen molar-refractivity contribution in [3.63, 3.8) is 0 Å². The van der Waals surface area contributed by atoms with Gasteiger partial charge in [-0.25, -0.2) is 0 Å². The van der Waals surface area contributed by atoms with E-state index in [1.165, 1.54) is 11.3 Å². The molecule has 1 aromatic rings. The summed E-state index contributed by atoms with van der Waals surface area (Å²) in [7, 11) is 0. The van der Waals surface area contributed by atoms with Gasteiger partial charge >= 0.3 is 0 Å². The summed E-state index contributed by atoms with van der Waals surface area (Å²) in [5, 5.41) is 4.18. The first-order valence-electron chi connectivity index (χ1n) is 6.47. The summed E-state index contributed by atoms with van der Waals surface area (Å²) in [6.07, 6.45) is 1.16. The van der Waals surface area contributed by atoms with Crippen molar-refractivity contribution in [1.82, 2.24) is 5.32 Å². The van der Waals surface area contributed by atoms with Crippen LogP contribution in [-0.2, 0) is 6.54 Å². The molecule has 0 aromatic heterocycles. The van der Waals surface area contributed by atoms with E-state index in [0.717, 1.165) is 37.6 Å². The highest BCUT2D eigenvalue weighted by Gasteiger charge is 2.09. The molecule has 0 amide bonds. The van der Waals surface area contributed by atoms with Gasteiger partial charge in [0.05, 0.1) is 0 Å². The van der Waals surface area contributed by atoms with E-state index in [-0.39, 0.29) is 0 Å². The number of rotatable bonds is 7. The Balaban J connectivity index is 2.94. The summed E-state index contributed by atoms with van der Waals surface area (Å²) in [6, 6.07) is 6.18. The van der Waals surface area contributed by atoms with Crippen LogP contribution in [0.1, 0.15) is 32.8 Å². The van der Waals surface area contributed by atoms with E-state index in [1.807, 2.05) is 6.07 Å². The van der Waals surface area contributed by atoms with Crippen LogP contribution in [0, 0.1) is 0 Å². The molecule has 17 heavy (non-hydrogen) atoms. The van der Waals surface area contributed by atoms with Crippen LogP contribution in [0.15, 0.2) is 18.2 Å². The van der Waals surface area contributed by atoms with Crippen molar-refractivity contribution in [2.75, 3.05) is 24.5 Å². The maximum absolute atomic E-state index is 6.07. The van der Waals surface area contributed by atoms with E-state index in [9.17, 15) is 0 Å². The number of benzene rings is 1. The van der Waals surface area contributed by atoms with E-state index >= 15 is 0 Å². The fourth-order valence-corrected chi connectivity index (χ4v) is 2.18. The van der Waals surface area contributed by atoms with Crippen molar-refractivity contribution in [2.24, 2.45) is 0 Å². The predicted molar refractivity (Wildman–Crippen MR) is 77.0 cm³/mol. The summed E-state index contributed by atoms with van der Waals surface area (Å²) in [4.78, 5) is 2.41.